The minimum absolute atomic E-state index is 0.347. The number of urea groups is 1. The standard InChI is InChI=1S/C10H12N4O2/c11-3-4-14(10(12)15)7-1-2-9-8(5-7)13-6-16-9/h1-2,5-6H,3-4,11H2,(H2,12,15). The second-order valence-electron chi connectivity index (χ2n) is 3.28. The maximum absolute atomic E-state index is 11.2. The molecule has 2 rings (SSSR count). The highest BCUT2D eigenvalue weighted by molar-refractivity contribution is 5.92. The Morgan fingerprint density at radius 3 is 3.00 bits per heavy atom. The number of nitrogens with two attached hydrogens (primary N) is 2. The second kappa shape index (κ2) is 4.19. The van der Waals surface area contributed by atoms with Crippen molar-refractivity contribution >= 4 is 22.8 Å². The van der Waals surface area contributed by atoms with Crippen LogP contribution in [0.1, 0.15) is 0 Å². The fourth-order valence-corrected chi connectivity index (χ4v) is 1.51. The van der Waals surface area contributed by atoms with E-state index in [4.69, 9.17) is 15.9 Å². The minimum Gasteiger partial charge on any atom is -0.443 e. The van der Waals surface area contributed by atoms with E-state index in [0.29, 0.717) is 29.9 Å². The van der Waals surface area contributed by atoms with Crippen molar-refractivity contribution in [3.8, 4) is 0 Å². The normalized spacial score (nSPS) is 10.6. The largest absolute Gasteiger partial charge is 0.443 e. The first kappa shape index (κ1) is 10.4. The van der Waals surface area contributed by atoms with Crippen LogP contribution in [0.25, 0.3) is 11.1 Å². The van der Waals surface area contributed by atoms with Crippen LogP contribution in [-0.2, 0) is 0 Å². The molecular weight excluding hydrogens is 208 g/mol. The molecule has 1 heterocycles. The number of carbonyl (C=O) groups is 1. The molecule has 0 aliphatic carbocycles. The number of fused-ring (bicyclic) bond motifs is 1. The van der Waals surface area contributed by atoms with E-state index in [2.05, 4.69) is 4.98 Å². The molecule has 0 bridgehead atoms. The van der Waals surface area contributed by atoms with Gasteiger partial charge in [0.1, 0.15) is 5.52 Å². The summed E-state index contributed by atoms with van der Waals surface area (Å²) in [7, 11) is 0. The van der Waals surface area contributed by atoms with Crippen LogP contribution in [0.2, 0.25) is 0 Å². The molecule has 0 aliphatic heterocycles. The van der Waals surface area contributed by atoms with E-state index in [9.17, 15) is 4.79 Å². The molecule has 6 nitrogen and oxygen atoms in total. The van der Waals surface area contributed by atoms with Gasteiger partial charge in [0.05, 0.1) is 0 Å². The third kappa shape index (κ3) is 1.82. The van der Waals surface area contributed by atoms with Crippen LogP contribution in [0.3, 0.4) is 0 Å². The van der Waals surface area contributed by atoms with Crippen molar-refractivity contribution in [2.45, 2.75) is 0 Å². The summed E-state index contributed by atoms with van der Waals surface area (Å²) in [4.78, 5) is 16.6. The first-order valence-corrected chi connectivity index (χ1v) is 4.82. The number of rotatable bonds is 3. The fraction of sp³-hybridized carbons (Fsp3) is 0.200. The van der Waals surface area contributed by atoms with Crippen LogP contribution < -0.4 is 16.4 Å². The van der Waals surface area contributed by atoms with E-state index in [1.54, 1.807) is 18.2 Å². The SMILES string of the molecule is NCCN(C(N)=O)c1ccc2ocnc2c1. The Kier molecular flexibility index (Phi) is 2.74. The molecule has 0 spiro atoms. The third-order valence-electron chi connectivity index (χ3n) is 2.24. The number of primary amides is 1. The lowest BCUT2D eigenvalue weighted by molar-refractivity contribution is 0.254. The molecule has 0 aliphatic rings. The van der Waals surface area contributed by atoms with Crippen LogP contribution in [0, 0.1) is 0 Å². The first-order chi connectivity index (χ1) is 7.72. The van der Waals surface area contributed by atoms with Crippen molar-refractivity contribution in [1.29, 1.82) is 0 Å². The summed E-state index contributed by atoms with van der Waals surface area (Å²) in [5.74, 6) is 0. The second-order valence-corrected chi connectivity index (χ2v) is 3.28. The zero-order valence-corrected chi connectivity index (χ0v) is 8.59. The molecule has 84 valence electrons. The number of hydrogen-bond acceptors (Lipinski definition) is 4. The molecule has 1 aromatic heterocycles. The van der Waals surface area contributed by atoms with E-state index in [1.807, 2.05) is 0 Å². The molecule has 6 heteroatoms. The zero-order valence-electron chi connectivity index (χ0n) is 8.59. The number of anilines is 1. The topological polar surface area (TPSA) is 98.4 Å². The molecule has 0 saturated heterocycles. The molecule has 2 aromatic rings. The van der Waals surface area contributed by atoms with Gasteiger partial charge < -0.3 is 15.9 Å². The zero-order chi connectivity index (χ0) is 11.5. The van der Waals surface area contributed by atoms with E-state index in [0.717, 1.165) is 0 Å². The number of aromatic nitrogens is 1. The van der Waals surface area contributed by atoms with E-state index < -0.39 is 6.03 Å². The van der Waals surface area contributed by atoms with Gasteiger partial charge in [0.25, 0.3) is 0 Å². The molecule has 0 fully saturated rings. The average molecular weight is 220 g/mol. The molecule has 0 unspecified atom stereocenters. The summed E-state index contributed by atoms with van der Waals surface area (Å²) in [6.07, 6.45) is 1.35. The predicted molar refractivity (Wildman–Crippen MR) is 60.0 cm³/mol. The lowest BCUT2D eigenvalue weighted by Crippen LogP contribution is -2.39. The van der Waals surface area contributed by atoms with Crippen LogP contribution in [0.15, 0.2) is 29.0 Å². The van der Waals surface area contributed by atoms with Gasteiger partial charge in [-0.3, -0.25) is 4.90 Å². The lowest BCUT2D eigenvalue weighted by Gasteiger charge is -2.19. The number of nitrogens with zero attached hydrogens (tertiary/aromatic N) is 2. The highest BCUT2D eigenvalue weighted by Gasteiger charge is 2.12. The van der Waals surface area contributed by atoms with Crippen LogP contribution in [0.4, 0.5) is 10.5 Å². The highest BCUT2D eigenvalue weighted by atomic mass is 16.3. The average Bonchev–Trinajstić information content (AvgIpc) is 2.72. The van der Waals surface area contributed by atoms with Crippen LogP contribution in [-0.4, -0.2) is 24.1 Å². The minimum atomic E-state index is -0.534. The molecule has 0 saturated carbocycles. The molecule has 0 atom stereocenters. The van der Waals surface area contributed by atoms with E-state index in [-0.39, 0.29) is 0 Å². The lowest BCUT2D eigenvalue weighted by atomic mass is 10.2. The van der Waals surface area contributed by atoms with Gasteiger partial charge in [-0.15, -0.1) is 0 Å². The maximum Gasteiger partial charge on any atom is 0.319 e. The van der Waals surface area contributed by atoms with Gasteiger partial charge in [-0.1, -0.05) is 0 Å². The number of hydrogen-bond donors (Lipinski definition) is 2. The quantitative estimate of drug-likeness (QED) is 0.794. The smallest absolute Gasteiger partial charge is 0.319 e. The third-order valence-corrected chi connectivity index (χ3v) is 2.24. The Morgan fingerprint density at radius 2 is 2.31 bits per heavy atom. The highest BCUT2D eigenvalue weighted by Crippen LogP contribution is 2.20. The molecule has 2 amide bonds. The molecule has 16 heavy (non-hydrogen) atoms. The van der Waals surface area contributed by atoms with Crippen LogP contribution in [0.5, 0.6) is 0 Å². The Morgan fingerprint density at radius 1 is 1.50 bits per heavy atom. The number of amides is 2. The molecule has 0 radical (unpaired) electrons. The Balaban J connectivity index is 2.39. The summed E-state index contributed by atoms with van der Waals surface area (Å²) < 4.78 is 5.10. The van der Waals surface area contributed by atoms with Crippen molar-refractivity contribution in [3.63, 3.8) is 0 Å². The van der Waals surface area contributed by atoms with Crippen molar-refractivity contribution in [3.05, 3.63) is 24.6 Å². The predicted octanol–water partition coefficient (Wildman–Crippen LogP) is 0.672. The Bertz CT molecular complexity index is 508. The van der Waals surface area contributed by atoms with Gasteiger partial charge in [0.2, 0.25) is 0 Å². The Labute approximate surface area is 91.8 Å². The number of carbonyl (C=O) groups excluding carboxylic acids is 1. The van der Waals surface area contributed by atoms with Crippen molar-refractivity contribution in [1.82, 2.24) is 4.98 Å². The van der Waals surface area contributed by atoms with Gasteiger partial charge in [-0.2, -0.15) is 0 Å². The summed E-state index contributed by atoms with van der Waals surface area (Å²) in [5.41, 5.74) is 12.7. The number of benzene rings is 1. The van der Waals surface area contributed by atoms with Crippen molar-refractivity contribution in [2.24, 2.45) is 11.5 Å². The van der Waals surface area contributed by atoms with Crippen molar-refractivity contribution in [2.75, 3.05) is 18.0 Å². The van der Waals surface area contributed by atoms with E-state index in [1.165, 1.54) is 11.3 Å². The van der Waals surface area contributed by atoms with E-state index >= 15 is 0 Å². The summed E-state index contributed by atoms with van der Waals surface area (Å²) in [6.45, 7) is 0.721. The summed E-state index contributed by atoms with van der Waals surface area (Å²) in [5, 5.41) is 0. The first-order valence-electron chi connectivity index (χ1n) is 4.82. The molecule has 1 aromatic carbocycles. The summed E-state index contributed by atoms with van der Waals surface area (Å²) >= 11 is 0. The van der Waals surface area contributed by atoms with Gasteiger partial charge >= 0.3 is 6.03 Å². The number of oxazole rings is 1. The molecular formula is C10H12N4O2. The summed E-state index contributed by atoms with van der Waals surface area (Å²) in [6, 6.07) is 4.69. The van der Waals surface area contributed by atoms with Crippen LogP contribution >= 0.6 is 0 Å². The maximum atomic E-state index is 11.2. The molecule has 4 N–H and O–H groups in total. The Hall–Kier alpha value is -2.08. The van der Waals surface area contributed by atoms with Gasteiger partial charge in [0, 0.05) is 18.8 Å². The fourth-order valence-electron chi connectivity index (χ4n) is 1.51. The van der Waals surface area contributed by atoms with Crippen molar-refractivity contribution < 1.29 is 9.21 Å². The van der Waals surface area contributed by atoms with Gasteiger partial charge in [-0.05, 0) is 18.2 Å². The van der Waals surface area contributed by atoms with Gasteiger partial charge in [0.15, 0.2) is 12.0 Å². The van der Waals surface area contributed by atoms with Gasteiger partial charge in [-0.25, -0.2) is 9.78 Å². The monoisotopic (exact) mass is 220 g/mol.